The van der Waals surface area contributed by atoms with Gasteiger partial charge in [0.05, 0.1) is 68.3 Å². The molecule has 2 N–H and O–H groups in total. The van der Waals surface area contributed by atoms with E-state index in [2.05, 4.69) is 16.7 Å². The maximum atomic E-state index is 13.7. The monoisotopic (exact) mass is 896 g/mol. The van der Waals surface area contributed by atoms with Crippen molar-refractivity contribution >= 4 is 11.6 Å². The van der Waals surface area contributed by atoms with Crippen molar-refractivity contribution in [2.45, 2.75) is 78.3 Å². The largest absolute Gasteiger partial charge is 3.00 e. The molecule has 9 heterocycles. The van der Waals surface area contributed by atoms with Gasteiger partial charge in [-0.2, -0.15) is 0 Å². The SMILES string of the molecule is CCCCC(=O)c1cc2nc(c1)-c1cc(C(=O)CCCN)cc(n1)CN1Cc3cccc(n3)-c3cccc(n3)CN(Cc3cccc(n3)-c3cccc(n3)C1)C2.[Eu+3]. The van der Waals surface area contributed by atoms with Gasteiger partial charge in [0.1, 0.15) is 0 Å². The fourth-order valence-corrected chi connectivity index (χ4v) is 7.36. The molecule has 57 heavy (non-hydrogen) atoms. The van der Waals surface area contributed by atoms with E-state index in [4.69, 9.17) is 35.6 Å². The van der Waals surface area contributed by atoms with E-state index in [0.29, 0.717) is 99.0 Å². The third-order valence-corrected chi connectivity index (χ3v) is 10.1. The van der Waals surface area contributed by atoms with Crippen LogP contribution in [0.25, 0.3) is 34.2 Å². The number of hydrogen-bond donors (Lipinski definition) is 1. The van der Waals surface area contributed by atoms with Crippen LogP contribution < -0.4 is 5.73 Å². The first-order valence-electron chi connectivity index (χ1n) is 19.5. The first kappa shape index (κ1) is 40.9. The van der Waals surface area contributed by atoms with Crippen LogP contribution in [0.2, 0.25) is 0 Å². The molecule has 6 aromatic heterocycles. The van der Waals surface area contributed by atoms with Crippen LogP contribution in [0.15, 0.2) is 97.1 Å². The Morgan fingerprint density at radius 1 is 0.491 bits per heavy atom. The first-order valence-corrected chi connectivity index (χ1v) is 19.5. The van der Waals surface area contributed by atoms with Gasteiger partial charge in [-0.1, -0.05) is 37.6 Å². The Bertz CT molecular complexity index is 2140. The molecule has 286 valence electrons. The third kappa shape index (κ3) is 10.2. The van der Waals surface area contributed by atoms with Crippen molar-refractivity contribution in [1.82, 2.24) is 39.7 Å². The summed E-state index contributed by atoms with van der Waals surface area (Å²) in [5.74, 6) is 0.0453. The minimum absolute atomic E-state index is 0. The molecule has 0 spiro atoms. The fourth-order valence-electron chi connectivity index (χ4n) is 7.36. The average molecular weight is 896 g/mol. The van der Waals surface area contributed by atoms with Crippen molar-refractivity contribution in [2.24, 2.45) is 5.73 Å². The van der Waals surface area contributed by atoms with E-state index in [-0.39, 0.29) is 60.9 Å². The Kier molecular flexibility index (Phi) is 13.6. The summed E-state index contributed by atoms with van der Waals surface area (Å²) in [6.07, 6.45) is 3.04. The molecule has 0 radical (unpaired) electrons. The molecular weight excluding hydrogens is 851 g/mol. The standard InChI is InChI=1S/C45H45N9O2.Eu/c1-2-3-17-44(55)30-20-36-28-53-24-32-9-4-13-38(47-32)40-15-6-11-34(49-40)26-54(27-35-12-7-16-41(50-35)39-14-5-10-33(25-53)48-39)29-37-21-31(45(56)18-8-19-46)23-43(52-37)42(22-30)51-36;/h4-7,9-16,20-23H,2-3,8,17-19,24-29,46H2,1H3;/q;+3. The maximum Gasteiger partial charge on any atom is 3.00 e. The molecule has 3 aliphatic heterocycles. The molecule has 0 unspecified atom stereocenters. The van der Waals surface area contributed by atoms with Crippen LogP contribution in [0, 0.1) is 49.4 Å². The summed E-state index contributed by atoms with van der Waals surface area (Å²) < 4.78 is 0. The molecule has 0 fully saturated rings. The van der Waals surface area contributed by atoms with E-state index < -0.39 is 0 Å². The summed E-state index contributed by atoms with van der Waals surface area (Å²) in [5, 5.41) is 0. The van der Waals surface area contributed by atoms with Crippen LogP contribution in [-0.4, -0.2) is 57.8 Å². The molecule has 0 saturated carbocycles. The predicted octanol–water partition coefficient (Wildman–Crippen LogP) is 7.38. The number of rotatable bonds is 8. The Hall–Kier alpha value is -4.30. The predicted molar refractivity (Wildman–Crippen MR) is 215 cm³/mol. The van der Waals surface area contributed by atoms with Gasteiger partial charge in [0, 0.05) is 63.2 Å². The van der Waals surface area contributed by atoms with Gasteiger partial charge in [-0.05, 0) is 92.2 Å². The Morgan fingerprint density at radius 3 is 1.18 bits per heavy atom. The molecule has 0 aromatic carbocycles. The van der Waals surface area contributed by atoms with Gasteiger partial charge < -0.3 is 5.73 Å². The number of carbonyl (C=O) groups excluding carboxylic acids is 2. The first-order chi connectivity index (χ1) is 27.4. The number of ketones is 2. The summed E-state index contributed by atoms with van der Waals surface area (Å²) in [5.41, 5.74) is 16.1. The minimum atomic E-state index is -0.0104. The maximum absolute atomic E-state index is 13.7. The molecule has 9 rings (SSSR count). The van der Waals surface area contributed by atoms with E-state index in [9.17, 15) is 9.59 Å². The van der Waals surface area contributed by atoms with E-state index >= 15 is 0 Å². The number of Topliss-reactive ketones (excluding diaryl/α,β-unsaturated/α-hetero) is 2. The van der Waals surface area contributed by atoms with Gasteiger partial charge >= 0.3 is 49.4 Å². The second-order valence-electron chi connectivity index (χ2n) is 14.7. The Balaban J connectivity index is 0.00000496. The number of nitrogens with zero attached hydrogens (tertiary/aromatic N) is 8. The van der Waals surface area contributed by atoms with Crippen LogP contribution in [0.5, 0.6) is 0 Å². The normalized spacial score (nSPS) is 15.9. The van der Waals surface area contributed by atoms with Crippen molar-refractivity contribution in [3.63, 3.8) is 0 Å². The van der Waals surface area contributed by atoms with Gasteiger partial charge in [-0.3, -0.25) is 19.4 Å². The molecule has 0 aliphatic carbocycles. The molecule has 0 saturated heterocycles. The van der Waals surface area contributed by atoms with Crippen LogP contribution in [0.3, 0.4) is 0 Å². The van der Waals surface area contributed by atoms with Gasteiger partial charge in [0.2, 0.25) is 0 Å². The van der Waals surface area contributed by atoms with E-state index in [1.54, 1.807) is 0 Å². The van der Waals surface area contributed by atoms with E-state index in [0.717, 1.165) is 58.4 Å². The smallest absolute Gasteiger partial charge is 0.330 e. The topological polar surface area (TPSA) is 144 Å². The van der Waals surface area contributed by atoms with Crippen LogP contribution >= 0.6 is 0 Å². The summed E-state index contributed by atoms with van der Waals surface area (Å²) in [4.78, 5) is 62.7. The van der Waals surface area contributed by atoms with Gasteiger partial charge in [0.15, 0.2) is 11.6 Å². The third-order valence-electron chi connectivity index (χ3n) is 10.1. The number of pyridine rings is 6. The Labute approximate surface area is 374 Å². The summed E-state index contributed by atoms with van der Waals surface area (Å²) in [7, 11) is 0. The van der Waals surface area contributed by atoms with Gasteiger partial charge in [-0.15, -0.1) is 0 Å². The van der Waals surface area contributed by atoms with Crippen molar-refractivity contribution in [1.29, 1.82) is 0 Å². The zero-order chi connectivity index (χ0) is 38.4. The minimum Gasteiger partial charge on any atom is -0.330 e. The molecule has 14 bridgehead atoms. The number of nitrogens with two attached hydrogens (primary N) is 1. The molecule has 11 nitrogen and oxygen atoms in total. The van der Waals surface area contributed by atoms with E-state index in [1.165, 1.54) is 0 Å². The molecule has 3 aliphatic rings. The summed E-state index contributed by atoms with van der Waals surface area (Å²) >= 11 is 0. The van der Waals surface area contributed by atoms with Gasteiger partial charge in [-0.25, -0.2) is 29.9 Å². The van der Waals surface area contributed by atoms with Crippen molar-refractivity contribution in [2.75, 3.05) is 6.54 Å². The van der Waals surface area contributed by atoms with Crippen LogP contribution in [0.4, 0.5) is 0 Å². The summed E-state index contributed by atoms with van der Waals surface area (Å²) in [6.45, 7) is 5.22. The molecular formula is C45H45EuN9O2+3. The number of hydrogen-bond acceptors (Lipinski definition) is 11. The summed E-state index contributed by atoms with van der Waals surface area (Å²) in [6, 6.07) is 31.6. The zero-order valence-corrected chi connectivity index (χ0v) is 34.5. The molecule has 12 heteroatoms. The fraction of sp³-hybridized carbons (Fsp3) is 0.289. The second kappa shape index (κ2) is 19.0. The number of aromatic nitrogens is 6. The second-order valence-corrected chi connectivity index (χ2v) is 14.7. The van der Waals surface area contributed by atoms with Crippen molar-refractivity contribution < 1.29 is 59.0 Å². The van der Waals surface area contributed by atoms with Crippen molar-refractivity contribution in [3.8, 4) is 34.2 Å². The number of unbranched alkanes of at least 4 members (excludes halogenated alkanes) is 1. The van der Waals surface area contributed by atoms with E-state index in [1.807, 2.05) is 97.1 Å². The van der Waals surface area contributed by atoms with Gasteiger partial charge in [0.25, 0.3) is 0 Å². The van der Waals surface area contributed by atoms with Crippen LogP contribution in [-0.2, 0) is 39.3 Å². The molecule has 6 aromatic rings. The van der Waals surface area contributed by atoms with Crippen LogP contribution in [0.1, 0.15) is 93.9 Å². The number of carbonyl (C=O) groups is 2. The quantitative estimate of drug-likeness (QED) is 0.153. The molecule has 0 atom stereocenters. The average Bonchev–Trinajstić information content (AvgIpc) is 3.21. The molecule has 0 amide bonds. The van der Waals surface area contributed by atoms with Crippen molar-refractivity contribution in [3.05, 3.63) is 142 Å². The zero-order valence-electron chi connectivity index (χ0n) is 32.1. The Morgan fingerprint density at radius 2 is 0.825 bits per heavy atom.